The first kappa shape index (κ1) is 17.2. The zero-order chi connectivity index (χ0) is 20.0. The summed E-state index contributed by atoms with van der Waals surface area (Å²) in [5, 5.41) is 22.2. The van der Waals surface area contributed by atoms with Gasteiger partial charge in [0.2, 0.25) is 0 Å². The molecule has 0 aromatic heterocycles. The predicted octanol–water partition coefficient (Wildman–Crippen LogP) is 3.46. The highest BCUT2D eigenvalue weighted by atomic mass is 16.5. The number of carbonyl (C=O) groups is 1. The Labute approximate surface area is 158 Å². The minimum absolute atomic E-state index is 0.0688. The van der Waals surface area contributed by atoms with Gasteiger partial charge in [0.25, 0.3) is 0 Å². The number of carbonyl (C=O) groups excluding carboxylic acids is 1. The smallest absolute Gasteiger partial charge is 0.302 e. The molecule has 4 aliphatic carbocycles. The lowest BCUT2D eigenvalue weighted by Crippen LogP contribution is -2.66. The minimum Gasteiger partial charge on any atom is -0.462 e. The monoisotopic (exact) mass is 363 g/mol. The lowest BCUT2D eigenvalue weighted by Gasteiger charge is -2.66. The van der Waals surface area contributed by atoms with E-state index >= 15 is 0 Å². The molecule has 2 N–H and O–H groups in total. The first-order valence-electron chi connectivity index (χ1n) is 10.6. The van der Waals surface area contributed by atoms with Gasteiger partial charge in [-0.2, -0.15) is 0 Å². The van der Waals surface area contributed by atoms with E-state index in [0.717, 1.165) is 31.3 Å². The van der Waals surface area contributed by atoms with E-state index < -0.39 is 18.1 Å². The van der Waals surface area contributed by atoms with Crippen LogP contribution in [0.25, 0.3) is 0 Å². The average molecular weight is 364 g/mol. The molecular weight excluding hydrogens is 328 g/mol. The van der Waals surface area contributed by atoms with Crippen LogP contribution in [-0.2, 0) is 9.53 Å². The van der Waals surface area contributed by atoms with E-state index in [1.807, 2.05) is 0 Å². The van der Waals surface area contributed by atoms with E-state index in [4.69, 9.17) is 6.11 Å². The molecule has 8 atom stereocenters. The van der Waals surface area contributed by atoms with Crippen molar-refractivity contribution in [1.29, 1.82) is 0 Å². The van der Waals surface area contributed by atoms with Crippen LogP contribution in [0.15, 0.2) is 12.2 Å². The van der Waals surface area contributed by atoms with Gasteiger partial charge in [0.1, 0.15) is 6.10 Å². The van der Waals surface area contributed by atoms with E-state index in [0.29, 0.717) is 18.8 Å². The molecule has 0 radical (unpaired) electrons. The van der Waals surface area contributed by atoms with Gasteiger partial charge in [-0.1, -0.05) is 32.9 Å². The van der Waals surface area contributed by atoms with E-state index in [9.17, 15) is 15.0 Å². The Morgan fingerprint density at radius 1 is 1.23 bits per heavy atom. The van der Waals surface area contributed by atoms with Crippen molar-refractivity contribution in [2.45, 2.75) is 84.5 Å². The topological polar surface area (TPSA) is 66.8 Å². The number of hydrogen-bond donors (Lipinski definition) is 2. The Morgan fingerprint density at radius 2 is 1.92 bits per heavy atom. The molecule has 4 nitrogen and oxygen atoms in total. The highest BCUT2D eigenvalue weighted by molar-refractivity contribution is 5.66. The summed E-state index contributed by atoms with van der Waals surface area (Å²) in [5.41, 5.74) is 0.192. The third-order valence-corrected chi connectivity index (χ3v) is 8.76. The summed E-state index contributed by atoms with van der Waals surface area (Å²) in [6.07, 6.45) is 1.95. The SMILES string of the molecule is [2H][C@@]1(O)C[C@@H]2[C@]3(CCC4C(C)(C)CC[C@H](OC(C)=O)[C@]42C)CC(=C)[C@H]1[C@H]3O. The molecule has 4 fully saturated rings. The van der Waals surface area contributed by atoms with E-state index in [2.05, 4.69) is 27.4 Å². The number of ether oxygens (including phenoxy) is 1. The second-order valence-corrected chi connectivity index (χ2v) is 10.3. The Hall–Kier alpha value is -0.870. The number of rotatable bonds is 1. The zero-order valence-electron chi connectivity index (χ0n) is 17.5. The molecular formula is C22H34O4. The van der Waals surface area contributed by atoms with Crippen molar-refractivity contribution < 1.29 is 21.1 Å². The van der Waals surface area contributed by atoms with Crippen LogP contribution in [0.4, 0.5) is 0 Å². The van der Waals surface area contributed by atoms with Crippen molar-refractivity contribution >= 4 is 5.97 Å². The summed E-state index contributed by atoms with van der Waals surface area (Å²) >= 11 is 0. The highest BCUT2D eigenvalue weighted by Gasteiger charge is 2.70. The molecule has 4 aliphatic rings. The molecule has 4 rings (SSSR count). The van der Waals surface area contributed by atoms with Crippen molar-refractivity contribution in [3.05, 3.63) is 12.2 Å². The first-order chi connectivity index (χ1) is 12.4. The maximum Gasteiger partial charge on any atom is 0.302 e. The van der Waals surface area contributed by atoms with Crippen molar-refractivity contribution in [1.82, 2.24) is 0 Å². The van der Waals surface area contributed by atoms with Gasteiger partial charge in [-0.15, -0.1) is 0 Å². The molecule has 26 heavy (non-hydrogen) atoms. The van der Waals surface area contributed by atoms with Crippen molar-refractivity contribution in [2.75, 3.05) is 0 Å². The average Bonchev–Trinajstić information content (AvgIpc) is 2.71. The molecule has 0 heterocycles. The van der Waals surface area contributed by atoms with Crippen LogP contribution < -0.4 is 0 Å². The van der Waals surface area contributed by atoms with Crippen molar-refractivity contribution in [3.8, 4) is 0 Å². The Balaban J connectivity index is 1.86. The summed E-state index contributed by atoms with van der Waals surface area (Å²) in [6, 6.07) is 0. The lowest BCUT2D eigenvalue weighted by atomic mass is 9.40. The number of fused-ring (bicyclic) bond motifs is 3. The molecule has 2 bridgehead atoms. The Kier molecular flexibility index (Phi) is 3.70. The van der Waals surface area contributed by atoms with Crippen LogP contribution in [0.5, 0.6) is 0 Å². The van der Waals surface area contributed by atoms with Crippen molar-refractivity contribution in [2.24, 2.45) is 34.0 Å². The van der Waals surface area contributed by atoms with Gasteiger partial charge in [-0.3, -0.25) is 4.79 Å². The molecule has 0 saturated heterocycles. The fourth-order valence-electron chi connectivity index (χ4n) is 7.75. The largest absolute Gasteiger partial charge is 0.462 e. The molecule has 1 spiro atoms. The van der Waals surface area contributed by atoms with Crippen LogP contribution in [-0.4, -0.2) is 34.5 Å². The van der Waals surface area contributed by atoms with Gasteiger partial charge in [0, 0.05) is 23.7 Å². The molecule has 0 aromatic rings. The molecule has 0 aromatic carbocycles. The van der Waals surface area contributed by atoms with Crippen LogP contribution in [0.2, 0.25) is 0 Å². The second-order valence-electron chi connectivity index (χ2n) is 10.3. The minimum atomic E-state index is -1.71. The Bertz CT molecular complexity index is 686. The van der Waals surface area contributed by atoms with Gasteiger partial charge in [-0.05, 0) is 55.8 Å². The first-order valence-corrected chi connectivity index (χ1v) is 10.1. The number of aliphatic hydroxyl groups excluding tert-OH is 1. The second kappa shape index (κ2) is 5.57. The Morgan fingerprint density at radius 3 is 2.58 bits per heavy atom. The lowest BCUT2D eigenvalue weighted by molar-refractivity contribution is -0.241. The third-order valence-electron chi connectivity index (χ3n) is 8.76. The molecule has 0 aliphatic heterocycles. The van der Waals surface area contributed by atoms with Gasteiger partial charge in [-0.25, -0.2) is 0 Å². The summed E-state index contributed by atoms with van der Waals surface area (Å²) in [6.45, 7) is 12.4. The third kappa shape index (κ3) is 2.18. The predicted molar refractivity (Wildman–Crippen MR) is 99.2 cm³/mol. The zero-order valence-corrected chi connectivity index (χ0v) is 16.5. The van der Waals surface area contributed by atoms with E-state index in [1.165, 1.54) is 6.92 Å². The fraction of sp³-hybridized carbons (Fsp3) is 0.864. The van der Waals surface area contributed by atoms with Gasteiger partial charge in [0.15, 0.2) is 0 Å². The van der Waals surface area contributed by atoms with Crippen LogP contribution in [0.3, 0.4) is 0 Å². The van der Waals surface area contributed by atoms with Crippen LogP contribution in [0, 0.1) is 34.0 Å². The molecule has 4 saturated carbocycles. The summed E-state index contributed by atoms with van der Waals surface area (Å²) in [7, 11) is 0. The summed E-state index contributed by atoms with van der Waals surface area (Å²) < 4.78 is 14.5. The highest BCUT2D eigenvalue weighted by Crippen LogP contribution is 2.72. The van der Waals surface area contributed by atoms with Gasteiger partial charge < -0.3 is 14.9 Å². The van der Waals surface area contributed by atoms with Crippen LogP contribution >= 0.6 is 0 Å². The normalized spacial score (nSPS) is 55.5. The van der Waals surface area contributed by atoms with Crippen LogP contribution in [0.1, 0.15) is 67.6 Å². The number of aliphatic hydroxyl groups is 2. The number of hydrogen-bond acceptors (Lipinski definition) is 4. The maximum absolute atomic E-state index is 11.9. The fourth-order valence-corrected chi connectivity index (χ4v) is 7.75. The van der Waals surface area contributed by atoms with E-state index in [-0.39, 0.29) is 34.2 Å². The molecule has 1 unspecified atom stereocenters. The van der Waals surface area contributed by atoms with E-state index in [1.54, 1.807) is 0 Å². The summed E-state index contributed by atoms with van der Waals surface area (Å²) in [4.78, 5) is 11.9. The quantitative estimate of drug-likeness (QED) is 0.553. The van der Waals surface area contributed by atoms with Gasteiger partial charge in [0.05, 0.1) is 13.6 Å². The maximum atomic E-state index is 11.9. The van der Waals surface area contributed by atoms with Crippen molar-refractivity contribution in [3.63, 3.8) is 0 Å². The molecule has 0 amide bonds. The van der Waals surface area contributed by atoms with Gasteiger partial charge >= 0.3 is 5.97 Å². The molecule has 146 valence electrons. The number of esters is 1. The summed E-state index contributed by atoms with van der Waals surface area (Å²) in [5.74, 6) is -0.587. The molecule has 4 heteroatoms. The standard InChI is InChI=1S/C22H34O4/c1-12-11-22-9-6-15-20(3,4)8-7-17(26-13(2)23)21(15,5)16(22)10-14(24)18(12)19(22)25/h14-19,24-25H,1,6-11H2,2-5H3/t14-,15?,16+,17+,18-,19-,21-,22+/m1/s1/i14D.